The van der Waals surface area contributed by atoms with Crippen molar-refractivity contribution in [3.05, 3.63) is 52.4 Å². The van der Waals surface area contributed by atoms with E-state index in [1.54, 1.807) is 24.3 Å². The van der Waals surface area contributed by atoms with Gasteiger partial charge in [0.1, 0.15) is 12.3 Å². The quantitative estimate of drug-likeness (QED) is 0.827. The van der Waals surface area contributed by atoms with Crippen LogP contribution in [0.1, 0.15) is 10.4 Å². The van der Waals surface area contributed by atoms with Crippen LogP contribution < -0.4 is 15.6 Å². The Bertz CT molecular complexity index is 759. The summed E-state index contributed by atoms with van der Waals surface area (Å²) in [5.41, 5.74) is 0.841. The fourth-order valence-electron chi connectivity index (χ4n) is 1.92. The van der Waals surface area contributed by atoms with Crippen molar-refractivity contribution >= 4 is 5.91 Å². The highest BCUT2D eigenvalue weighted by atomic mass is 16.5. The number of amides is 1. The maximum atomic E-state index is 12.1. The molecular weight excluding hydrogens is 270 g/mol. The summed E-state index contributed by atoms with van der Waals surface area (Å²) < 4.78 is 5.10. The zero-order chi connectivity index (χ0) is 15.2. The first kappa shape index (κ1) is 14.3. The van der Waals surface area contributed by atoms with Gasteiger partial charge in [0.05, 0.1) is 18.7 Å². The first-order valence-corrected chi connectivity index (χ1v) is 6.18. The fraction of sp³-hybridized carbons (Fsp3) is 0.133. The third-order valence-electron chi connectivity index (χ3n) is 2.91. The summed E-state index contributed by atoms with van der Waals surface area (Å²) in [5.74, 6) is 0.0573. The van der Waals surface area contributed by atoms with Gasteiger partial charge < -0.3 is 15.0 Å². The fourth-order valence-corrected chi connectivity index (χ4v) is 1.92. The Kier molecular flexibility index (Phi) is 4.36. The van der Waals surface area contributed by atoms with E-state index in [-0.39, 0.29) is 17.7 Å². The number of H-pyrrole nitrogens is 1. The van der Waals surface area contributed by atoms with E-state index in [9.17, 15) is 9.59 Å². The van der Waals surface area contributed by atoms with Crippen LogP contribution in [0.4, 0.5) is 0 Å². The second-order valence-electron chi connectivity index (χ2n) is 4.17. The summed E-state index contributed by atoms with van der Waals surface area (Å²) in [7, 11) is 1.49. The Labute approximate surface area is 121 Å². The maximum absolute atomic E-state index is 12.1. The predicted molar refractivity (Wildman–Crippen MR) is 77.0 cm³/mol. The summed E-state index contributed by atoms with van der Waals surface area (Å²) in [6, 6.07) is 9.99. The zero-order valence-electron chi connectivity index (χ0n) is 11.3. The first-order valence-electron chi connectivity index (χ1n) is 6.18. The van der Waals surface area contributed by atoms with Crippen LogP contribution in [0.3, 0.4) is 0 Å². The van der Waals surface area contributed by atoms with Crippen LogP contribution in [0, 0.1) is 11.3 Å². The minimum absolute atomic E-state index is 0.110. The number of hydrogen-bond acceptors (Lipinski definition) is 4. The number of nitrogens with zero attached hydrogens (tertiary/aromatic N) is 1. The molecule has 0 aliphatic carbocycles. The number of hydrogen-bond donors (Lipinski definition) is 2. The van der Waals surface area contributed by atoms with E-state index in [1.165, 1.54) is 19.4 Å². The predicted octanol–water partition coefficient (Wildman–Crippen LogP) is 1.30. The molecule has 106 valence electrons. The lowest BCUT2D eigenvalue weighted by Gasteiger charge is -2.10. The molecule has 0 fully saturated rings. The van der Waals surface area contributed by atoms with Gasteiger partial charge in [0.2, 0.25) is 0 Å². The van der Waals surface area contributed by atoms with Crippen LogP contribution in [-0.2, 0) is 0 Å². The number of nitriles is 1. The lowest BCUT2D eigenvalue weighted by atomic mass is 10.00. The van der Waals surface area contributed by atoms with Gasteiger partial charge in [-0.3, -0.25) is 9.59 Å². The van der Waals surface area contributed by atoms with Gasteiger partial charge in [-0.05, 0) is 30.3 Å². The molecule has 0 aliphatic rings. The van der Waals surface area contributed by atoms with Crippen molar-refractivity contribution in [1.82, 2.24) is 10.3 Å². The van der Waals surface area contributed by atoms with E-state index in [0.29, 0.717) is 16.9 Å². The van der Waals surface area contributed by atoms with E-state index < -0.39 is 5.91 Å². The Morgan fingerprint density at radius 2 is 2.19 bits per heavy atom. The number of aromatic nitrogens is 1. The van der Waals surface area contributed by atoms with Crippen molar-refractivity contribution in [2.75, 3.05) is 13.7 Å². The van der Waals surface area contributed by atoms with E-state index in [0.717, 1.165) is 0 Å². The molecule has 0 aliphatic heterocycles. The van der Waals surface area contributed by atoms with Crippen LogP contribution in [0.25, 0.3) is 11.1 Å². The van der Waals surface area contributed by atoms with E-state index in [4.69, 9.17) is 10.00 Å². The molecule has 1 aromatic carbocycles. The Morgan fingerprint density at radius 1 is 1.38 bits per heavy atom. The molecule has 2 N–H and O–H groups in total. The number of pyridine rings is 1. The van der Waals surface area contributed by atoms with Crippen molar-refractivity contribution in [3.8, 4) is 22.9 Å². The molecule has 0 saturated carbocycles. The zero-order valence-corrected chi connectivity index (χ0v) is 11.3. The number of rotatable bonds is 4. The normalized spacial score (nSPS) is 9.71. The van der Waals surface area contributed by atoms with E-state index in [2.05, 4.69) is 10.3 Å². The van der Waals surface area contributed by atoms with Crippen molar-refractivity contribution in [2.45, 2.75) is 0 Å². The van der Waals surface area contributed by atoms with E-state index in [1.807, 2.05) is 6.07 Å². The van der Waals surface area contributed by atoms with Gasteiger partial charge in [0, 0.05) is 17.3 Å². The van der Waals surface area contributed by atoms with Crippen LogP contribution in [0.2, 0.25) is 0 Å². The Hall–Kier alpha value is -3.07. The largest absolute Gasteiger partial charge is 0.497 e. The number of carbonyl (C=O) groups is 1. The van der Waals surface area contributed by atoms with Gasteiger partial charge in [-0.2, -0.15) is 5.26 Å². The van der Waals surface area contributed by atoms with Gasteiger partial charge in [-0.15, -0.1) is 0 Å². The molecule has 1 heterocycles. The lowest BCUT2D eigenvalue weighted by molar-refractivity contribution is 0.0959. The molecule has 21 heavy (non-hydrogen) atoms. The monoisotopic (exact) mass is 283 g/mol. The van der Waals surface area contributed by atoms with Crippen molar-refractivity contribution in [1.29, 1.82) is 5.26 Å². The number of aromatic amines is 1. The molecule has 2 rings (SSSR count). The molecule has 0 atom stereocenters. The summed E-state index contributed by atoms with van der Waals surface area (Å²) in [6.45, 7) is -0.110. The van der Waals surface area contributed by atoms with Gasteiger partial charge in [0.15, 0.2) is 0 Å². The molecule has 2 aromatic rings. The molecule has 0 bridgehead atoms. The third-order valence-corrected chi connectivity index (χ3v) is 2.91. The number of methoxy groups -OCH3 is 1. The van der Waals surface area contributed by atoms with Crippen molar-refractivity contribution in [2.24, 2.45) is 0 Å². The van der Waals surface area contributed by atoms with Gasteiger partial charge in [-0.25, -0.2) is 0 Å². The smallest absolute Gasteiger partial charge is 0.255 e. The van der Waals surface area contributed by atoms with Gasteiger partial charge >= 0.3 is 0 Å². The molecule has 0 radical (unpaired) electrons. The highest BCUT2D eigenvalue weighted by Gasteiger charge is 2.15. The van der Waals surface area contributed by atoms with E-state index >= 15 is 0 Å². The number of nitrogens with one attached hydrogen (secondary N) is 2. The summed E-state index contributed by atoms with van der Waals surface area (Å²) >= 11 is 0. The van der Waals surface area contributed by atoms with Crippen molar-refractivity contribution < 1.29 is 9.53 Å². The van der Waals surface area contributed by atoms with Crippen molar-refractivity contribution in [3.63, 3.8) is 0 Å². The lowest BCUT2D eigenvalue weighted by Crippen LogP contribution is -2.24. The van der Waals surface area contributed by atoms with Crippen LogP contribution in [0.15, 0.2) is 41.3 Å². The maximum Gasteiger partial charge on any atom is 0.255 e. The van der Waals surface area contributed by atoms with Gasteiger partial charge in [0.25, 0.3) is 11.5 Å². The van der Waals surface area contributed by atoms with Crippen LogP contribution >= 0.6 is 0 Å². The van der Waals surface area contributed by atoms with Gasteiger partial charge in [-0.1, -0.05) is 0 Å². The number of ether oxygens (including phenoxy) is 1. The highest BCUT2D eigenvalue weighted by molar-refractivity contribution is 6.01. The molecule has 6 heteroatoms. The summed E-state index contributed by atoms with van der Waals surface area (Å²) in [4.78, 5) is 26.6. The van der Waals surface area contributed by atoms with Crippen LogP contribution in [-0.4, -0.2) is 24.5 Å². The Morgan fingerprint density at radius 3 is 2.86 bits per heavy atom. The molecule has 6 nitrogen and oxygen atoms in total. The average Bonchev–Trinajstić information content (AvgIpc) is 2.52. The topological polar surface area (TPSA) is 95.0 Å². The van der Waals surface area contributed by atoms with Crippen LogP contribution in [0.5, 0.6) is 5.75 Å². The molecular formula is C15H13N3O3. The molecule has 0 saturated heterocycles. The molecule has 0 spiro atoms. The second-order valence-corrected chi connectivity index (χ2v) is 4.17. The minimum Gasteiger partial charge on any atom is -0.497 e. The second kappa shape index (κ2) is 6.39. The third kappa shape index (κ3) is 3.09. The Balaban J connectivity index is 2.56. The first-order chi connectivity index (χ1) is 10.2. The SMILES string of the molecule is COc1ccc(-c2ccc[nH]c2=O)c(C(=O)NCC#N)c1. The minimum atomic E-state index is -0.436. The number of carbonyl (C=O) groups excluding carboxylic acids is 1. The molecule has 1 amide bonds. The standard InChI is InChI=1S/C15H13N3O3/c1-21-10-4-5-11(12-3-2-7-17-14(12)19)13(9-10)15(20)18-8-6-16/h2-5,7,9H,8H2,1H3,(H,17,19)(H,18,20). The summed E-state index contributed by atoms with van der Waals surface area (Å²) in [5, 5.41) is 11.0. The highest BCUT2D eigenvalue weighted by Crippen LogP contribution is 2.25. The summed E-state index contributed by atoms with van der Waals surface area (Å²) in [6.07, 6.45) is 1.52. The molecule has 0 unspecified atom stereocenters. The molecule has 1 aromatic heterocycles. The number of benzene rings is 1. The average molecular weight is 283 g/mol.